The first-order valence-corrected chi connectivity index (χ1v) is 5.62. The van der Waals surface area contributed by atoms with Crippen molar-refractivity contribution in [1.82, 2.24) is 14.8 Å². The molecule has 3 heteroatoms. The number of pyridine rings is 1. The third-order valence-corrected chi connectivity index (χ3v) is 2.49. The number of hydrogen-bond acceptors (Lipinski definition) is 2. The normalized spacial score (nSPS) is 10.1. The van der Waals surface area contributed by atoms with Crippen molar-refractivity contribution in [2.24, 2.45) is 7.05 Å². The van der Waals surface area contributed by atoms with E-state index in [9.17, 15) is 0 Å². The second-order valence-corrected chi connectivity index (χ2v) is 4.28. The summed E-state index contributed by atoms with van der Waals surface area (Å²) in [5, 5.41) is 4.06. The lowest BCUT2D eigenvalue weighted by Crippen LogP contribution is -1.90. The molecule has 0 radical (unpaired) electrons. The van der Waals surface area contributed by atoms with Crippen LogP contribution in [0.15, 0.2) is 30.7 Å². The number of nitrogens with zero attached hydrogens (tertiary/aromatic N) is 3. The Kier molecular flexibility index (Phi) is 3.24. The first-order chi connectivity index (χ1) is 8.15. The van der Waals surface area contributed by atoms with Crippen molar-refractivity contribution in [3.8, 4) is 11.8 Å². The molecule has 2 heterocycles. The fourth-order valence-corrected chi connectivity index (χ4v) is 1.44. The van der Waals surface area contributed by atoms with Gasteiger partial charge in [0, 0.05) is 19.4 Å². The Morgan fingerprint density at radius 2 is 2.00 bits per heavy atom. The third-order valence-electron chi connectivity index (χ3n) is 2.49. The predicted molar refractivity (Wildman–Crippen MR) is 67.5 cm³/mol. The quantitative estimate of drug-likeness (QED) is 0.697. The van der Waals surface area contributed by atoms with Gasteiger partial charge < -0.3 is 0 Å². The van der Waals surface area contributed by atoms with E-state index >= 15 is 0 Å². The summed E-state index contributed by atoms with van der Waals surface area (Å²) in [6.45, 7) is 4.30. The smallest absolute Gasteiger partial charge is 0.113 e. The van der Waals surface area contributed by atoms with Crippen LogP contribution in [0.3, 0.4) is 0 Å². The van der Waals surface area contributed by atoms with Crippen LogP contribution in [0.25, 0.3) is 0 Å². The molecular formula is C14H15N3. The first-order valence-electron chi connectivity index (χ1n) is 5.62. The van der Waals surface area contributed by atoms with E-state index in [2.05, 4.69) is 41.8 Å². The number of hydrogen-bond donors (Lipinski definition) is 0. The Morgan fingerprint density at radius 3 is 2.53 bits per heavy atom. The molecule has 0 fully saturated rings. The average molecular weight is 225 g/mol. The van der Waals surface area contributed by atoms with Crippen LogP contribution in [-0.4, -0.2) is 14.8 Å². The van der Waals surface area contributed by atoms with Crippen LogP contribution in [-0.2, 0) is 7.05 Å². The van der Waals surface area contributed by atoms with Crippen LogP contribution >= 0.6 is 0 Å². The van der Waals surface area contributed by atoms with Gasteiger partial charge in [-0.25, -0.2) is 4.98 Å². The summed E-state index contributed by atoms with van der Waals surface area (Å²) in [7, 11) is 1.88. The molecule has 2 aromatic rings. The monoisotopic (exact) mass is 225 g/mol. The van der Waals surface area contributed by atoms with Gasteiger partial charge in [-0.2, -0.15) is 5.10 Å². The minimum Gasteiger partial charge on any atom is -0.275 e. The summed E-state index contributed by atoms with van der Waals surface area (Å²) < 4.78 is 1.74. The number of aromatic nitrogens is 3. The van der Waals surface area contributed by atoms with Gasteiger partial charge in [0.1, 0.15) is 5.69 Å². The lowest BCUT2D eigenvalue weighted by Gasteiger charge is -2.02. The Hall–Kier alpha value is -2.08. The third kappa shape index (κ3) is 2.94. The van der Waals surface area contributed by atoms with Crippen LogP contribution in [0.4, 0.5) is 0 Å². The van der Waals surface area contributed by atoms with E-state index in [1.165, 1.54) is 5.56 Å². The molecule has 0 aromatic carbocycles. The molecule has 0 saturated heterocycles. The fourth-order valence-electron chi connectivity index (χ4n) is 1.44. The van der Waals surface area contributed by atoms with E-state index in [1.54, 1.807) is 10.9 Å². The zero-order chi connectivity index (χ0) is 12.3. The minimum atomic E-state index is 0.503. The van der Waals surface area contributed by atoms with Crippen molar-refractivity contribution < 1.29 is 0 Å². The summed E-state index contributed by atoms with van der Waals surface area (Å²) in [4.78, 5) is 4.32. The molecule has 0 N–H and O–H groups in total. The first kappa shape index (κ1) is 11.4. The van der Waals surface area contributed by atoms with Crippen LogP contribution in [0, 0.1) is 11.8 Å². The van der Waals surface area contributed by atoms with Gasteiger partial charge in [-0.05, 0) is 23.5 Å². The van der Waals surface area contributed by atoms with Gasteiger partial charge in [-0.15, -0.1) is 0 Å². The van der Waals surface area contributed by atoms with E-state index < -0.39 is 0 Å². The standard InChI is InChI=1S/C14H15N3/c1-11(2)13-5-7-14(15-9-13)6-4-12-8-16-17(3)10-12/h5,7-11H,1-3H3. The van der Waals surface area contributed by atoms with Gasteiger partial charge in [0.15, 0.2) is 0 Å². The average Bonchev–Trinajstić information content (AvgIpc) is 2.73. The minimum absolute atomic E-state index is 0.503. The van der Waals surface area contributed by atoms with Gasteiger partial charge >= 0.3 is 0 Å². The summed E-state index contributed by atoms with van der Waals surface area (Å²) in [5.41, 5.74) is 2.93. The van der Waals surface area contributed by atoms with Gasteiger partial charge in [0.05, 0.1) is 11.8 Å². The van der Waals surface area contributed by atoms with Crippen molar-refractivity contribution in [3.63, 3.8) is 0 Å². The van der Waals surface area contributed by atoms with E-state index in [-0.39, 0.29) is 0 Å². The molecule has 0 saturated carbocycles. The van der Waals surface area contributed by atoms with Gasteiger partial charge in [-0.3, -0.25) is 4.68 Å². The van der Waals surface area contributed by atoms with E-state index in [0.717, 1.165) is 11.3 Å². The van der Waals surface area contributed by atoms with Crippen LogP contribution in [0.5, 0.6) is 0 Å². The molecule has 86 valence electrons. The molecule has 0 amide bonds. The number of aryl methyl sites for hydroxylation is 1. The molecule has 0 spiro atoms. The van der Waals surface area contributed by atoms with Gasteiger partial charge in [0.2, 0.25) is 0 Å². The molecule has 3 nitrogen and oxygen atoms in total. The molecule has 2 rings (SSSR count). The highest BCUT2D eigenvalue weighted by Gasteiger charge is 1.98. The van der Waals surface area contributed by atoms with Crippen molar-refractivity contribution in [1.29, 1.82) is 0 Å². The van der Waals surface area contributed by atoms with Gasteiger partial charge in [0.25, 0.3) is 0 Å². The predicted octanol–water partition coefficient (Wildman–Crippen LogP) is 2.34. The number of rotatable bonds is 1. The summed E-state index contributed by atoms with van der Waals surface area (Å²) in [5.74, 6) is 6.56. The highest BCUT2D eigenvalue weighted by molar-refractivity contribution is 5.38. The highest BCUT2D eigenvalue weighted by Crippen LogP contribution is 2.12. The summed E-state index contributed by atoms with van der Waals surface area (Å²) in [6, 6.07) is 4.03. The van der Waals surface area contributed by atoms with E-state index in [1.807, 2.05) is 25.5 Å². The van der Waals surface area contributed by atoms with E-state index in [0.29, 0.717) is 5.92 Å². The Bertz CT molecular complexity index is 553. The fraction of sp³-hybridized carbons (Fsp3) is 0.286. The zero-order valence-electron chi connectivity index (χ0n) is 10.3. The second kappa shape index (κ2) is 4.84. The highest BCUT2D eigenvalue weighted by atomic mass is 15.2. The molecule has 2 aromatic heterocycles. The second-order valence-electron chi connectivity index (χ2n) is 4.28. The van der Waals surface area contributed by atoms with Crippen LogP contribution in [0.1, 0.15) is 36.6 Å². The van der Waals surface area contributed by atoms with Crippen molar-refractivity contribution in [3.05, 3.63) is 47.5 Å². The largest absolute Gasteiger partial charge is 0.275 e. The Labute approximate surface area is 102 Å². The molecule has 0 unspecified atom stereocenters. The van der Waals surface area contributed by atoms with Crippen LogP contribution < -0.4 is 0 Å². The molecule has 0 atom stereocenters. The van der Waals surface area contributed by atoms with Crippen molar-refractivity contribution in [2.45, 2.75) is 19.8 Å². The Balaban J connectivity index is 2.17. The maximum absolute atomic E-state index is 4.32. The molecule has 0 aliphatic rings. The lowest BCUT2D eigenvalue weighted by molar-refractivity contribution is 0.767. The SMILES string of the molecule is CC(C)c1ccc(C#Cc2cnn(C)c2)nc1. The van der Waals surface area contributed by atoms with Crippen LogP contribution in [0.2, 0.25) is 0 Å². The zero-order valence-corrected chi connectivity index (χ0v) is 10.3. The van der Waals surface area contributed by atoms with Crippen molar-refractivity contribution >= 4 is 0 Å². The molecule has 0 aliphatic heterocycles. The summed E-state index contributed by atoms with van der Waals surface area (Å²) >= 11 is 0. The molecule has 0 aliphatic carbocycles. The van der Waals surface area contributed by atoms with Gasteiger partial charge in [-0.1, -0.05) is 25.8 Å². The van der Waals surface area contributed by atoms with Crippen molar-refractivity contribution in [2.75, 3.05) is 0 Å². The molecule has 0 bridgehead atoms. The molecular weight excluding hydrogens is 210 g/mol. The van der Waals surface area contributed by atoms with E-state index in [4.69, 9.17) is 0 Å². The maximum atomic E-state index is 4.32. The maximum Gasteiger partial charge on any atom is 0.113 e. The molecule has 17 heavy (non-hydrogen) atoms. The lowest BCUT2D eigenvalue weighted by atomic mass is 10.1. The summed E-state index contributed by atoms with van der Waals surface area (Å²) in [6.07, 6.45) is 5.52. The topological polar surface area (TPSA) is 30.7 Å². The Morgan fingerprint density at radius 1 is 1.18 bits per heavy atom.